The molecule has 23 heavy (non-hydrogen) atoms. The SMILES string of the molecule is CCCCCC(C)(C)CNC(=NC)NCC(=O)N1CCCCC1. The molecule has 0 unspecified atom stereocenters. The smallest absolute Gasteiger partial charge is 0.241 e. The number of likely N-dealkylation sites (tertiary alicyclic amines) is 1. The van der Waals surface area contributed by atoms with Crippen molar-refractivity contribution in [3.63, 3.8) is 0 Å². The first-order valence-electron chi connectivity index (χ1n) is 9.21. The van der Waals surface area contributed by atoms with Crippen LogP contribution < -0.4 is 10.6 Å². The van der Waals surface area contributed by atoms with Crippen LogP contribution in [0.25, 0.3) is 0 Å². The van der Waals surface area contributed by atoms with Crippen LogP contribution in [0.4, 0.5) is 0 Å². The maximum atomic E-state index is 12.2. The van der Waals surface area contributed by atoms with Gasteiger partial charge >= 0.3 is 0 Å². The van der Waals surface area contributed by atoms with E-state index in [0.29, 0.717) is 6.54 Å². The summed E-state index contributed by atoms with van der Waals surface area (Å²) in [5.41, 5.74) is 0.240. The van der Waals surface area contributed by atoms with E-state index in [0.717, 1.165) is 38.4 Å². The fourth-order valence-corrected chi connectivity index (χ4v) is 2.90. The zero-order chi connectivity index (χ0) is 17.1. The van der Waals surface area contributed by atoms with Crippen molar-refractivity contribution in [3.05, 3.63) is 0 Å². The van der Waals surface area contributed by atoms with Gasteiger partial charge in [-0.25, -0.2) is 0 Å². The standard InChI is InChI=1S/C18H36N4O/c1-5-6-8-11-18(2,3)15-21-17(19-4)20-14-16(23)22-12-9-7-10-13-22/h5-15H2,1-4H3,(H2,19,20,21). The minimum absolute atomic E-state index is 0.176. The van der Waals surface area contributed by atoms with E-state index in [1.165, 1.54) is 32.1 Å². The third-order valence-corrected chi connectivity index (χ3v) is 4.53. The van der Waals surface area contributed by atoms with Crippen LogP contribution in [0, 0.1) is 5.41 Å². The van der Waals surface area contributed by atoms with Gasteiger partial charge in [0.15, 0.2) is 5.96 Å². The Bertz CT molecular complexity index is 373. The monoisotopic (exact) mass is 324 g/mol. The molecule has 0 radical (unpaired) electrons. The summed E-state index contributed by atoms with van der Waals surface area (Å²) in [5.74, 6) is 0.897. The van der Waals surface area contributed by atoms with Crippen molar-refractivity contribution in [2.45, 2.75) is 65.7 Å². The molecule has 0 aromatic rings. The first kappa shape index (κ1) is 19.8. The summed E-state index contributed by atoms with van der Waals surface area (Å²) in [6, 6.07) is 0. The number of carbonyl (C=O) groups excluding carboxylic acids is 1. The quantitative estimate of drug-likeness (QED) is 0.410. The number of hydrogen-bond donors (Lipinski definition) is 2. The average Bonchev–Trinajstić information content (AvgIpc) is 2.55. The van der Waals surface area contributed by atoms with E-state index in [2.05, 4.69) is 36.4 Å². The zero-order valence-electron chi connectivity index (χ0n) is 15.6. The highest BCUT2D eigenvalue weighted by molar-refractivity contribution is 5.86. The Morgan fingerprint density at radius 1 is 1.13 bits per heavy atom. The number of nitrogens with zero attached hydrogens (tertiary/aromatic N) is 2. The van der Waals surface area contributed by atoms with Gasteiger partial charge in [-0.3, -0.25) is 9.79 Å². The largest absolute Gasteiger partial charge is 0.356 e. The molecular formula is C18H36N4O. The van der Waals surface area contributed by atoms with Crippen LogP contribution in [0.15, 0.2) is 4.99 Å². The number of carbonyl (C=O) groups is 1. The normalized spacial score (nSPS) is 16.3. The maximum absolute atomic E-state index is 12.2. The molecule has 0 aromatic carbocycles. The third-order valence-electron chi connectivity index (χ3n) is 4.53. The van der Waals surface area contributed by atoms with Gasteiger partial charge in [0.05, 0.1) is 6.54 Å². The van der Waals surface area contributed by atoms with Gasteiger partial charge in [0.25, 0.3) is 0 Å². The maximum Gasteiger partial charge on any atom is 0.241 e. The fourth-order valence-electron chi connectivity index (χ4n) is 2.90. The molecule has 1 aliphatic heterocycles. The van der Waals surface area contributed by atoms with Gasteiger partial charge in [0, 0.05) is 26.7 Å². The molecule has 134 valence electrons. The minimum Gasteiger partial charge on any atom is -0.356 e. The Hall–Kier alpha value is -1.26. The average molecular weight is 325 g/mol. The molecular weight excluding hydrogens is 288 g/mol. The van der Waals surface area contributed by atoms with Crippen molar-refractivity contribution in [1.82, 2.24) is 15.5 Å². The predicted molar refractivity (Wildman–Crippen MR) is 97.7 cm³/mol. The minimum atomic E-state index is 0.176. The summed E-state index contributed by atoms with van der Waals surface area (Å²) in [4.78, 5) is 18.4. The Morgan fingerprint density at radius 2 is 1.83 bits per heavy atom. The van der Waals surface area contributed by atoms with E-state index in [9.17, 15) is 4.79 Å². The molecule has 0 atom stereocenters. The predicted octanol–water partition coefficient (Wildman–Crippen LogP) is 2.77. The van der Waals surface area contributed by atoms with E-state index in [4.69, 9.17) is 0 Å². The highest BCUT2D eigenvalue weighted by atomic mass is 16.2. The van der Waals surface area contributed by atoms with Crippen LogP contribution in [0.3, 0.4) is 0 Å². The van der Waals surface area contributed by atoms with E-state index in [1.54, 1.807) is 7.05 Å². The number of hydrogen-bond acceptors (Lipinski definition) is 2. The summed E-state index contributed by atoms with van der Waals surface area (Å²) in [6.07, 6.45) is 8.52. The Morgan fingerprint density at radius 3 is 2.43 bits per heavy atom. The van der Waals surface area contributed by atoms with Gasteiger partial charge in [0.2, 0.25) is 5.91 Å². The molecule has 0 saturated carbocycles. The molecule has 1 amide bonds. The second-order valence-corrected chi connectivity index (χ2v) is 7.34. The molecule has 0 aromatic heterocycles. The second-order valence-electron chi connectivity index (χ2n) is 7.34. The topological polar surface area (TPSA) is 56.7 Å². The van der Waals surface area contributed by atoms with Crippen molar-refractivity contribution in [2.24, 2.45) is 10.4 Å². The lowest BCUT2D eigenvalue weighted by Gasteiger charge is -2.28. The van der Waals surface area contributed by atoms with Crippen LogP contribution in [-0.2, 0) is 4.79 Å². The van der Waals surface area contributed by atoms with E-state index in [1.807, 2.05) is 4.90 Å². The van der Waals surface area contributed by atoms with Gasteiger partial charge in [0.1, 0.15) is 0 Å². The van der Waals surface area contributed by atoms with Crippen molar-refractivity contribution >= 4 is 11.9 Å². The summed E-state index contributed by atoms with van der Waals surface area (Å²) in [6.45, 7) is 9.79. The van der Waals surface area contributed by atoms with Crippen molar-refractivity contribution in [1.29, 1.82) is 0 Å². The van der Waals surface area contributed by atoms with Crippen molar-refractivity contribution in [2.75, 3.05) is 33.2 Å². The van der Waals surface area contributed by atoms with Crippen LogP contribution in [0.1, 0.15) is 65.7 Å². The Labute approximate surface area is 142 Å². The fraction of sp³-hybridized carbons (Fsp3) is 0.889. The summed E-state index contributed by atoms with van der Waals surface area (Å²) >= 11 is 0. The van der Waals surface area contributed by atoms with E-state index >= 15 is 0 Å². The summed E-state index contributed by atoms with van der Waals surface area (Å²) in [5, 5.41) is 6.52. The number of rotatable bonds is 8. The molecule has 1 rings (SSSR count). The Kier molecular flexibility index (Phi) is 9.03. The zero-order valence-corrected chi connectivity index (χ0v) is 15.6. The second kappa shape index (κ2) is 10.5. The molecule has 1 fully saturated rings. The number of nitrogens with one attached hydrogen (secondary N) is 2. The summed E-state index contributed by atoms with van der Waals surface area (Å²) < 4.78 is 0. The van der Waals surface area contributed by atoms with E-state index in [-0.39, 0.29) is 11.3 Å². The van der Waals surface area contributed by atoms with Gasteiger partial charge in [-0.15, -0.1) is 0 Å². The van der Waals surface area contributed by atoms with Gasteiger partial charge in [-0.05, 0) is 31.1 Å². The number of amides is 1. The highest BCUT2D eigenvalue weighted by Crippen LogP contribution is 2.22. The molecule has 5 nitrogen and oxygen atoms in total. The lowest BCUT2D eigenvalue weighted by atomic mass is 9.87. The van der Waals surface area contributed by atoms with Crippen LogP contribution >= 0.6 is 0 Å². The lowest BCUT2D eigenvalue weighted by molar-refractivity contribution is -0.130. The van der Waals surface area contributed by atoms with Crippen LogP contribution in [-0.4, -0.2) is 50.0 Å². The van der Waals surface area contributed by atoms with Gasteiger partial charge < -0.3 is 15.5 Å². The molecule has 5 heteroatoms. The Balaban J connectivity index is 2.29. The molecule has 0 bridgehead atoms. The van der Waals surface area contributed by atoms with Crippen LogP contribution in [0.2, 0.25) is 0 Å². The molecule has 1 heterocycles. The number of aliphatic imine (C=N–C) groups is 1. The lowest BCUT2D eigenvalue weighted by Crippen LogP contribution is -2.47. The molecule has 2 N–H and O–H groups in total. The van der Waals surface area contributed by atoms with Crippen LogP contribution in [0.5, 0.6) is 0 Å². The van der Waals surface area contributed by atoms with Crippen molar-refractivity contribution in [3.8, 4) is 0 Å². The first-order valence-corrected chi connectivity index (χ1v) is 9.21. The number of guanidine groups is 1. The molecule has 1 saturated heterocycles. The van der Waals surface area contributed by atoms with E-state index < -0.39 is 0 Å². The molecule has 0 spiro atoms. The highest BCUT2D eigenvalue weighted by Gasteiger charge is 2.19. The van der Waals surface area contributed by atoms with Crippen molar-refractivity contribution < 1.29 is 4.79 Å². The van der Waals surface area contributed by atoms with Gasteiger partial charge in [-0.1, -0.05) is 40.0 Å². The molecule has 0 aliphatic carbocycles. The molecule has 1 aliphatic rings. The third kappa shape index (κ3) is 8.24. The van der Waals surface area contributed by atoms with Gasteiger partial charge in [-0.2, -0.15) is 0 Å². The summed E-state index contributed by atoms with van der Waals surface area (Å²) in [7, 11) is 1.75. The number of unbranched alkanes of at least 4 members (excludes halogenated alkanes) is 2. The number of piperidine rings is 1. The first-order chi connectivity index (χ1) is 11.0.